The third kappa shape index (κ3) is 2.97. The topological polar surface area (TPSA) is 47.4 Å². The third-order valence-corrected chi connectivity index (χ3v) is 5.21. The molecule has 0 N–H and O–H groups in total. The van der Waals surface area contributed by atoms with E-state index in [2.05, 4.69) is 5.10 Å². The van der Waals surface area contributed by atoms with Crippen LogP contribution in [0.5, 0.6) is 0 Å². The van der Waals surface area contributed by atoms with Crippen LogP contribution in [0.2, 0.25) is 0 Å². The summed E-state index contributed by atoms with van der Waals surface area (Å²) in [6.45, 7) is 1.27. The Labute approximate surface area is 137 Å². The first-order valence-corrected chi connectivity index (χ1v) is 8.48. The number of alkyl halides is 3. The molecule has 0 radical (unpaired) electrons. The molecule has 1 aromatic heterocycles. The highest BCUT2D eigenvalue weighted by molar-refractivity contribution is 5.22. The van der Waals surface area contributed by atoms with E-state index in [1.807, 2.05) is 4.90 Å². The van der Waals surface area contributed by atoms with Crippen LogP contribution in [-0.4, -0.2) is 40.0 Å². The van der Waals surface area contributed by atoms with Crippen LogP contribution >= 0.6 is 0 Å². The van der Waals surface area contributed by atoms with Crippen molar-refractivity contribution in [2.45, 2.75) is 63.0 Å². The normalized spacial score (nSPS) is 28.1. The summed E-state index contributed by atoms with van der Waals surface area (Å²) in [7, 11) is 0. The van der Waals surface area contributed by atoms with Crippen molar-refractivity contribution in [2.75, 3.05) is 13.2 Å². The van der Waals surface area contributed by atoms with Gasteiger partial charge in [0.25, 0.3) is 5.56 Å². The summed E-state index contributed by atoms with van der Waals surface area (Å²) >= 11 is 0. The van der Waals surface area contributed by atoms with Crippen LogP contribution in [0, 0.1) is 0 Å². The Balaban J connectivity index is 1.66. The molecule has 4 rings (SSSR count). The number of hydrogen-bond donors (Lipinski definition) is 0. The number of aromatic nitrogens is 2. The highest BCUT2D eigenvalue weighted by Crippen LogP contribution is 2.40. The molecule has 8 heteroatoms. The van der Waals surface area contributed by atoms with Crippen LogP contribution in [0.1, 0.15) is 49.3 Å². The highest BCUT2D eigenvalue weighted by Gasteiger charge is 2.39. The zero-order valence-corrected chi connectivity index (χ0v) is 13.3. The van der Waals surface area contributed by atoms with Gasteiger partial charge in [-0.25, -0.2) is 4.68 Å². The quantitative estimate of drug-likeness (QED) is 0.845. The minimum atomic E-state index is -4.65. The molecule has 3 fully saturated rings. The molecule has 2 atom stereocenters. The molecule has 1 aliphatic heterocycles. The smallest absolute Gasteiger partial charge is 0.375 e. The van der Waals surface area contributed by atoms with Gasteiger partial charge in [-0.1, -0.05) is 0 Å². The second-order valence-electron chi connectivity index (χ2n) is 6.92. The molecular weight excluding hydrogens is 323 g/mol. The molecule has 0 bridgehead atoms. The molecule has 3 aliphatic rings. The second-order valence-corrected chi connectivity index (χ2v) is 6.92. The van der Waals surface area contributed by atoms with Crippen molar-refractivity contribution in [1.82, 2.24) is 14.7 Å². The fourth-order valence-corrected chi connectivity index (χ4v) is 3.79. The van der Waals surface area contributed by atoms with E-state index in [1.165, 1.54) is 0 Å². The number of nitrogens with zero attached hydrogens (tertiary/aromatic N) is 3. The summed E-state index contributed by atoms with van der Waals surface area (Å²) in [4.78, 5) is 14.3. The van der Waals surface area contributed by atoms with Gasteiger partial charge in [-0.3, -0.25) is 9.69 Å². The summed E-state index contributed by atoms with van der Waals surface area (Å²) < 4.78 is 46.4. The first-order valence-electron chi connectivity index (χ1n) is 8.48. The molecule has 0 amide bonds. The van der Waals surface area contributed by atoms with Crippen molar-refractivity contribution in [3.05, 3.63) is 27.7 Å². The summed E-state index contributed by atoms with van der Waals surface area (Å²) in [5, 5.41) is 4.24. The van der Waals surface area contributed by atoms with Gasteiger partial charge in [0.15, 0.2) is 0 Å². The molecule has 1 saturated heterocycles. The van der Waals surface area contributed by atoms with Gasteiger partial charge < -0.3 is 4.74 Å². The van der Waals surface area contributed by atoms with Gasteiger partial charge in [0.1, 0.15) is 5.56 Å². The maximum Gasteiger partial charge on any atom is 0.421 e. The Morgan fingerprint density at radius 1 is 1.25 bits per heavy atom. The summed E-state index contributed by atoms with van der Waals surface area (Å²) in [6.07, 6.45) is 0.127. The number of rotatable bonds is 3. The predicted octanol–water partition coefficient (Wildman–Crippen LogP) is 2.35. The van der Waals surface area contributed by atoms with E-state index < -0.39 is 17.3 Å². The standard InChI is InChI=1S/C16H20F3N3O2/c17-16(18,19)11-8-12(10-4-5-10)20-22(15(11)23)9-21-6-7-24-14-3-1-2-13(14)21/h8,10,13-14H,1-7,9H2. The van der Waals surface area contributed by atoms with Crippen molar-refractivity contribution < 1.29 is 17.9 Å². The van der Waals surface area contributed by atoms with Crippen molar-refractivity contribution in [1.29, 1.82) is 0 Å². The molecule has 2 aliphatic carbocycles. The van der Waals surface area contributed by atoms with Gasteiger partial charge in [-0.2, -0.15) is 18.3 Å². The first kappa shape index (κ1) is 16.1. The first-order chi connectivity index (χ1) is 11.4. The van der Waals surface area contributed by atoms with Gasteiger partial charge in [0, 0.05) is 18.5 Å². The minimum absolute atomic E-state index is 0.0573. The molecule has 2 heterocycles. The lowest BCUT2D eigenvalue weighted by molar-refractivity contribution is -0.139. The van der Waals surface area contributed by atoms with E-state index in [0.29, 0.717) is 18.8 Å². The average molecular weight is 343 g/mol. The molecular formula is C16H20F3N3O2. The van der Waals surface area contributed by atoms with Crippen molar-refractivity contribution in [3.63, 3.8) is 0 Å². The summed E-state index contributed by atoms with van der Waals surface area (Å²) in [5.74, 6) is 0.0573. The summed E-state index contributed by atoms with van der Waals surface area (Å²) in [6, 6.07) is 1.11. The fraction of sp³-hybridized carbons (Fsp3) is 0.750. The second kappa shape index (κ2) is 5.84. The van der Waals surface area contributed by atoms with Gasteiger partial charge in [0.2, 0.25) is 0 Å². The van der Waals surface area contributed by atoms with E-state index in [1.54, 1.807) is 0 Å². The molecule has 132 valence electrons. The Bertz CT molecular complexity index is 684. The van der Waals surface area contributed by atoms with Crippen LogP contribution in [0.25, 0.3) is 0 Å². The lowest BCUT2D eigenvalue weighted by Crippen LogP contribution is -2.50. The molecule has 1 aromatic rings. The number of morpholine rings is 1. The van der Waals surface area contributed by atoms with Crippen molar-refractivity contribution in [3.8, 4) is 0 Å². The number of ether oxygens (including phenoxy) is 1. The highest BCUT2D eigenvalue weighted by atomic mass is 19.4. The third-order valence-electron chi connectivity index (χ3n) is 5.21. The van der Waals surface area contributed by atoms with Crippen molar-refractivity contribution >= 4 is 0 Å². The van der Waals surface area contributed by atoms with Crippen LogP contribution in [0.3, 0.4) is 0 Å². The predicted molar refractivity (Wildman–Crippen MR) is 79.6 cm³/mol. The van der Waals surface area contributed by atoms with Gasteiger partial charge in [0.05, 0.1) is 25.1 Å². The number of fused-ring (bicyclic) bond motifs is 1. The zero-order valence-electron chi connectivity index (χ0n) is 13.3. The maximum absolute atomic E-state index is 13.2. The van der Waals surface area contributed by atoms with Crippen LogP contribution < -0.4 is 5.56 Å². The SMILES string of the molecule is O=c1c(C(F)(F)F)cc(C2CC2)nn1CN1CCOC2CCCC21. The molecule has 24 heavy (non-hydrogen) atoms. The van der Waals surface area contributed by atoms with E-state index in [-0.39, 0.29) is 24.7 Å². The molecule has 0 aromatic carbocycles. The molecule has 2 unspecified atom stereocenters. The molecule has 5 nitrogen and oxygen atoms in total. The minimum Gasteiger partial charge on any atom is -0.375 e. The zero-order chi connectivity index (χ0) is 16.9. The number of halogens is 3. The summed E-state index contributed by atoms with van der Waals surface area (Å²) in [5.41, 5.74) is -1.76. The average Bonchev–Trinajstić information content (AvgIpc) is 3.25. The lowest BCUT2D eigenvalue weighted by Gasteiger charge is -2.37. The maximum atomic E-state index is 13.2. The fourth-order valence-electron chi connectivity index (χ4n) is 3.79. The van der Waals surface area contributed by atoms with E-state index >= 15 is 0 Å². The van der Waals surface area contributed by atoms with Gasteiger partial charge in [-0.05, 0) is 38.2 Å². The van der Waals surface area contributed by atoms with Crippen molar-refractivity contribution in [2.24, 2.45) is 0 Å². The van der Waals surface area contributed by atoms with Gasteiger partial charge in [-0.15, -0.1) is 0 Å². The molecule has 2 saturated carbocycles. The Morgan fingerprint density at radius 3 is 2.75 bits per heavy atom. The van der Waals surface area contributed by atoms with Crippen LogP contribution in [-0.2, 0) is 17.6 Å². The lowest BCUT2D eigenvalue weighted by atomic mass is 10.1. The van der Waals surface area contributed by atoms with Crippen LogP contribution in [0.15, 0.2) is 10.9 Å². The Kier molecular flexibility index (Phi) is 3.91. The number of hydrogen-bond acceptors (Lipinski definition) is 4. The van der Waals surface area contributed by atoms with E-state index in [0.717, 1.165) is 42.9 Å². The molecule has 0 spiro atoms. The Morgan fingerprint density at radius 2 is 2.04 bits per heavy atom. The van der Waals surface area contributed by atoms with Crippen LogP contribution in [0.4, 0.5) is 13.2 Å². The van der Waals surface area contributed by atoms with Gasteiger partial charge >= 0.3 is 6.18 Å². The van der Waals surface area contributed by atoms with E-state index in [9.17, 15) is 18.0 Å². The monoisotopic (exact) mass is 343 g/mol. The Hall–Kier alpha value is -1.41. The largest absolute Gasteiger partial charge is 0.421 e. The van der Waals surface area contributed by atoms with E-state index in [4.69, 9.17) is 4.74 Å².